The van der Waals surface area contributed by atoms with Crippen molar-refractivity contribution in [2.45, 2.75) is 18.2 Å². The van der Waals surface area contributed by atoms with Crippen LogP contribution in [0.1, 0.15) is 13.3 Å². The van der Waals surface area contributed by atoms with E-state index in [1.54, 1.807) is 6.92 Å². The molecule has 0 atom stereocenters. The van der Waals surface area contributed by atoms with E-state index in [0.717, 1.165) is 0 Å². The maximum atomic E-state index is 13.6. The number of halogens is 2. The summed E-state index contributed by atoms with van der Waals surface area (Å²) in [5.74, 6) is 3.66. The molecule has 1 aromatic rings. The molecule has 0 N–H and O–H groups in total. The second-order valence-electron chi connectivity index (χ2n) is 3.47. The van der Waals surface area contributed by atoms with Crippen LogP contribution in [0.2, 0.25) is 0 Å². The zero-order valence-electron chi connectivity index (χ0n) is 10.2. The van der Waals surface area contributed by atoms with Gasteiger partial charge < -0.3 is 4.74 Å². The molecule has 0 aliphatic rings. The van der Waals surface area contributed by atoms with Crippen LogP contribution < -0.4 is 4.74 Å². The highest BCUT2D eigenvalue weighted by Gasteiger charge is 2.25. The van der Waals surface area contributed by atoms with E-state index in [9.17, 15) is 22.9 Å². The van der Waals surface area contributed by atoms with Crippen molar-refractivity contribution in [3.8, 4) is 17.6 Å². The number of nitro groups is 1. The first kappa shape index (κ1) is 16.2. The monoisotopic (exact) mass is 321 g/mol. The molecular formula is C11H9ClFNO5S. The van der Waals surface area contributed by atoms with E-state index >= 15 is 0 Å². The lowest BCUT2D eigenvalue weighted by atomic mass is 10.3. The summed E-state index contributed by atoms with van der Waals surface area (Å²) in [7, 11) is 0.568. The number of ether oxygens (including phenoxy) is 1. The molecule has 0 radical (unpaired) electrons. The molecule has 0 saturated carbocycles. The van der Waals surface area contributed by atoms with E-state index in [-0.39, 0.29) is 12.4 Å². The predicted molar refractivity (Wildman–Crippen MR) is 69.7 cm³/mol. The van der Waals surface area contributed by atoms with Gasteiger partial charge in [-0.1, -0.05) is 0 Å². The van der Waals surface area contributed by atoms with Gasteiger partial charge >= 0.3 is 5.69 Å². The Labute approximate surface area is 119 Å². The summed E-state index contributed by atoms with van der Waals surface area (Å²) < 4.78 is 40.8. The summed E-state index contributed by atoms with van der Waals surface area (Å²) in [6, 6.07) is 1.14. The Hall–Kier alpha value is -1.85. The zero-order chi connectivity index (χ0) is 15.3. The van der Waals surface area contributed by atoms with Crippen molar-refractivity contribution in [1.82, 2.24) is 0 Å². The van der Waals surface area contributed by atoms with Crippen LogP contribution >= 0.6 is 10.7 Å². The van der Waals surface area contributed by atoms with E-state index in [1.165, 1.54) is 0 Å². The molecule has 0 aliphatic carbocycles. The summed E-state index contributed by atoms with van der Waals surface area (Å²) in [4.78, 5) is 8.99. The Bertz CT molecular complexity index is 693. The lowest BCUT2D eigenvalue weighted by Gasteiger charge is -2.07. The van der Waals surface area contributed by atoms with Crippen LogP contribution in [-0.2, 0) is 9.05 Å². The van der Waals surface area contributed by atoms with Crippen molar-refractivity contribution >= 4 is 25.4 Å². The number of hydrogen-bond acceptors (Lipinski definition) is 5. The fraction of sp³-hybridized carbons (Fsp3) is 0.273. The van der Waals surface area contributed by atoms with Gasteiger partial charge in [0, 0.05) is 29.2 Å². The third-order valence-electron chi connectivity index (χ3n) is 2.13. The van der Waals surface area contributed by atoms with Gasteiger partial charge in [0.05, 0.1) is 11.5 Å². The van der Waals surface area contributed by atoms with E-state index in [2.05, 4.69) is 11.8 Å². The molecule has 108 valence electrons. The second kappa shape index (κ2) is 6.54. The molecule has 0 aromatic heterocycles. The van der Waals surface area contributed by atoms with Gasteiger partial charge in [0.25, 0.3) is 9.05 Å². The second-order valence-corrected chi connectivity index (χ2v) is 6.00. The first-order valence-electron chi connectivity index (χ1n) is 5.22. The topological polar surface area (TPSA) is 86.5 Å². The molecule has 0 spiro atoms. The van der Waals surface area contributed by atoms with Crippen molar-refractivity contribution in [2.75, 3.05) is 6.61 Å². The molecule has 0 fully saturated rings. The Morgan fingerprint density at radius 2 is 2.15 bits per heavy atom. The number of nitro benzene ring substituents is 1. The molecule has 1 aromatic carbocycles. The van der Waals surface area contributed by atoms with Gasteiger partial charge in [-0.05, 0) is 6.92 Å². The number of hydrogen-bond donors (Lipinski definition) is 0. The molecule has 0 unspecified atom stereocenters. The number of nitrogens with zero attached hydrogens (tertiary/aromatic N) is 1. The summed E-state index contributed by atoms with van der Waals surface area (Å²) in [5, 5.41) is 10.8. The summed E-state index contributed by atoms with van der Waals surface area (Å²) >= 11 is 0. The highest BCUT2D eigenvalue weighted by molar-refractivity contribution is 8.13. The highest BCUT2D eigenvalue weighted by atomic mass is 35.7. The minimum atomic E-state index is -4.42. The van der Waals surface area contributed by atoms with Crippen molar-refractivity contribution in [1.29, 1.82) is 0 Å². The molecule has 0 amide bonds. The minimum absolute atomic E-state index is 0.00803. The van der Waals surface area contributed by atoms with E-state index in [1.807, 2.05) is 0 Å². The smallest absolute Gasteiger partial charge is 0.312 e. The van der Waals surface area contributed by atoms with Crippen LogP contribution in [0.5, 0.6) is 5.75 Å². The lowest BCUT2D eigenvalue weighted by molar-refractivity contribution is -0.386. The highest BCUT2D eigenvalue weighted by Crippen LogP contribution is 2.33. The first-order valence-corrected chi connectivity index (χ1v) is 7.53. The normalized spacial score (nSPS) is 10.6. The van der Waals surface area contributed by atoms with E-state index in [0.29, 0.717) is 18.6 Å². The number of rotatable bonds is 5. The maximum Gasteiger partial charge on any atom is 0.312 e. The van der Waals surface area contributed by atoms with Gasteiger partial charge in [0.15, 0.2) is 5.75 Å². The fourth-order valence-electron chi connectivity index (χ4n) is 1.31. The Balaban J connectivity index is 3.20. The summed E-state index contributed by atoms with van der Waals surface area (Å²) in [5.41, 5.74) is -0.685. The zero-order valence-corrected chi connectivity index (χ0v) is 11.8. The standard InChI is InChI=1S/C11H9ClFNO5S/c1-2-3-4-5-19-10-6-8(13)11(20(12,17)18)7-9(10)14(15)16/h6-7H,4-5H2,1H3. The maximum absolute atomic E-state index is 13.6. The Morgan fingerprint density at radius 1 is 1.50 bits per heavy atom. The Morgan fingerprint density at radius 3 is 2.65 bits per heavy atom. The average molecular weight is 322 g/mol. The van der Waals surface area contributed by atoms with Crippen LogP contribution in [0, 0.1) is 27.8 Å². The van der Waals surface area contributed by atoms with Crippen LogP contribution in [0.25, 0.3) is 0 Å². The first-order chi connectivity index (χ1) is 9.27. The molecular weight excluding hydrogens is 313 g/mol. The minimum Gasteiger partial charge on any atom is -0.486 e. The van der Waals surface area contributed by atoms with Crippen LogP contribution in [0.15, 0.2) is 17.0 Å². The molecule has 9 heteroatoms. The third kappa shape index (κ3) is 4.08. The Kier molecular flexibility index (Phi) is 5.30. The SMILES string of the molecule is CC#CCCOc1cc(F)c(S(=O)(=O)Cl)cc1[N+](=O)[O-]. The molecule has 20 heavy (non-hydrogen) atoms. The van der Waals surface area contributed by atoms with Gasteiger partial charge in [-0.15, -0.1) is 11.8 Å². The molecule has 1 rings (SSSR count). The van der Waals surface area contributed by atoms with Crippen molar-refractivity contribution in [2.24, 2.45) is 0 Å². The van der Waals surface area contributed by atoms with Gasteiger partial charge in [0.2, 0.25) is 0 Å². The summed E-state index contributed by atoms with van der Waals surface area (Å²) in [6.07, 6.45) is 0.296. The quantitative estimate of drug-likeness (QED) is 0.273. The third-order valence-corrected chi connectivity index (χ3v) is 3.47. The van der Waals surface area contributed by atoms with Crippen molar-refractivity contribution in [3.05, 3.63) is 28.1 Å². The van der Waals surface area contributed by atoms with Crippen LogP contribution in [0.3, 0.4) is 0 Å². The average Bonchev–Trinajstić information content (AvgIpc) is 2.32. The molecule has 0 saturated heterocycles. The van der Waals surface area contributed by atoms with Crippen molar-refractivity contribution < 1.29 is 22.5 Å². The summed E-state index contributed by atoms with van der Waals surface area (Å²) in [6.45, 7) is 1.62. The fourth-order valence-corrected chi connectivity index (χ4v) is 2.21. The van der Waals surface area contributed by atoms with Gasteiger partial charge in [0.1, 0.15) is 10.7 Å². The molecule has 0 heterocycles. The lowest BCUT2D eigenvalue weighted by Crippen LogP contribution is -2.04. The van der Waals surface area contributed by atoms with Crippen LogP contribution in [-0.4, -0.2) is 19.9 Å². The van der Waals surface area contributed by atoms with Gasteiger partial charge in [-0.3, -0.25) is 10.1 Å². The largest absolute Gasteiger partial charge is 0.486 e. The van der Waals surface area contributed by atoms with Crippen LogP contribution in [0.4, 0.5) is 10.1 Å². The van der Waals surface area contributed by atoms with Gasteiger partial charge in [-0.2, -0.15) is 0 Å². The molecule has 0 aliphatic heterocycles. The van der Waals surface area contributed by atoms with E-state index in [4.69, 9.17) is 15.4 Å². The van der Waals surface area contributed by atoms with Gasteiger partial charge in [-0.25, -0.2) is 12.8 Å². The molecule has 0 bridgehead atoms. The number of benzene rings is 1. The van der Waals surface area contributed by atoms with E-state index < -0.39 is 30.4 Å². The molecule has 6 nitrogen and oxygen atoms in total. The predicted octanol–water partition coefficient (Wildman–Crippen LogP) is 2.45. The van der Waals surface area contributed by atoms with Crippen molar-refractivity contribution in [3.63, 3.8) is 0 Å².